The van der Waals surface area contributed by atoms with Crippen LogP contribution in [0.5, 0.6) is 5.88 Å². The lowest BCUT2D eigenvalue weighted by Gasteiger charge is -2.08. The predicted octanol–water partition coefficient (Wildman–Crippen LogP) is 5.29. The van der Waals surface area contributed by atoms with Gasteiger partial charge in [-0.25, -0.2) is 9.48 Å². The fourth-order valence-electron chi connectivity index (χ4n) is 2.35. The van der Waals surface area contributed by atoms with Crippen LogP contribution in [0.1, 0.15) is 41.4 Å². The number of hydrogen-bond donors (Lipinski definition) is 0. The van der Waals surface area contributed by atoms with Crippen LogP contribution in [0.15, 0.2) is 59.1 Å². The molecule has 0 N–H and O–H groups in total. The van der Waals surface area contributed by atoms with Crippen LogP contribution < -0.4 is 4.74 Å². The molecule has 0 fully saturated rings. The maximum absolute atomic E-state index is 12.5. The Morgan fingerprint density at radius 3 is 2.32 bits per heavy atom. The molecule has 0 radical (unpaired) electrons. The molecule has 1 heterocycles. The standard InChI is InChI=1S/C20H19BrN2O2/c1-13(2)18-12-19(23(22-18)17-10-4-14(3)5-11-17)25-20(24)15-6-8-16(21)9-7-15/h4-13H,1-3H3. The molecule has 4 nitrogen and oxygen atoms in total. The Morgan fingerprint density at radius 1 is 1.08 bits per heavy atom. The normalized spacial score (nSPS) is 10.9. The van der Waals surface area contributed by atoms with Crippen molar-refractivity contribution < 1.29 is 9.53 Å². The van der Waals surface area contributed by atoms with E-state index < -0.39 is 5.97 Å². The fourth-order valence-corrected chi connectivity index (χ4v) is 2.61. The highest BCUT2D eigenvalue weighted by molar-refractivity contribution is 9.10. The molecule has 0 spiro atoms. The highest BCUT2D eigenvalue weighted by Gasteiger charge is 2.17. The van der Waals surface area contributed by atoms with Crippen molar-refractivity contribution >= 4 is 21.9 Å². The van der Waals surface area contributed by atoms with Crippen molar-refractivity contribution in [2.75, 3.05) is 0 Å². The molecular formula is C20H19BrN2O2. The van der Waals surface area contributed by atoms with Gasteiger partial charge in [0.25, 0.3) is 0 Å². The third-order valence-corrected chi connectivity index (χ3v) is 4.37. The number of nitrogens with zero attached hydrogens (tertiary/aromatic N) is 2. The van der Waals surface area contributed by atoms with Gasteiger partial charge in [0, 0.05) is 10.5 Å². The SMILES string of the molecule is Cc1ccc(-n2nc(C(C)C)cc2OC(=O)c2ccc(Br)cc2)cc1. The average Bonchev–Trinajstić information content (AvgIpc) is 3.00. The second-order valence-corrected chi connectivity index (χ2v) is 7.12. The molecule has 0 amide bonds. The van der Waals surface area contributed by atoms with E-state index in [9.17, 15) is 4.79 Å². The van der Waals surface area contributed by atoms with Crippen LogP contribution in [-0.4, -0.2) is 15.7 Å². The summed E-state index contributed by atoms with van der Waals surface area (Å²) in [5.41, 5.74) is 3.38. The number of aromatic nitrogens is 2. The third-order valence-electron chi connectivity index (χ3n) is 3.84. The first-order valence-corrected chi connectivity index (χ1v) is 8.88. The molecular weight excluding hydrogens is 380 g/mol. The summed E-state index contributed by atoms with van der Waals surface area (Å²) in [6, 6.07) is 16.8. The highest BCUT2D eigenvalue weighted by Crippen LogP contribution is 2.25. The van der Waals surface area contributed by atoms with Gasteiger partial charge in [0.1, 0.15) is 0 Å². The van der Waals surface area contributed by atoms with Crippen LogP contribution >= 0.6 is 15.9 Å². The molecule has 1 aromatic heterocycles. The van der Waals surface area contributed by atoms with Crippen molar-refractivity contribution in [1.82, 2.24) is 9.78 Å². The smallest absolute Gasteiger partial charge is 0.344 e. The summed E-state index contributed by atoms with van der Waals surface area (Å²) in [5.74, 6) is 0.244. The molecule has 0 bridgehead atoms. The van der Waals surface area contributed by atoms with Crippen molar-refractivity contribution in [3.05, 3.63) is 75.9 Å². The summed E-state index contributed by atoms with van der Waals surface area (Å²) in [5, 5.41) is 4.60. The lowest BCUT2D eigenvalue weighted by molar-refractivity contribution is 0.0723. The molecule has 0 aliphatic carbocycles. The number of hydrogen-bond acceptors (Lipinski definition) is 3. The number of halogens is 1. The van der Waals surface area contributed by atoms with E-state index in [0.717, 1.165) is 21.4 Å². The second kappa shape index (κ2) is 7.23. The fraction of sp³-hybridized carbons (Fsp3) is 0.200. The topological polar surface area (TPSA) is 44.1 Å². The number of aryl methyl sites for hydroxylation is 1. The van der Waals surface area contributed by atoms with Gasteiger partial charge in [-0.15, -0.1) is 0 Å². The molecule has 25 heavy (non-hydrogen) atoms. The Bertz CT molecular complexity index is 881. The Labute approximate surface area is 155 Å². The van der Waals surface area contributed by atoms with Crippen molar-refractivity contribution in [3.8, 4) is 11.6 Å². The maximum atomic E-state index is 12.5. The number of benzene rings is 2. The Hall–Kier alpha value is -2.40. The van der Waals surface area contributed by atoms with E-state index in [4.69, 9.17) is 4.74 Å². The quantitative estimate of drug-likeness (QED) is 0.561. The lowest BCUT2D eigenvalue weighted by Crippen LogP contribution is -2.11. The van der Waals surface area contributed by atoms with E-state index in [-0.39, 0.29) is 5.92 Å². The molecule has 128 valence electrons. The summed E-state index contributed by atoms with van der Waals surface area (Å²) in [6.45, 7) is 6.14. The van der Waals surface area contributed by atoms with Crippen LogP contribution in [0.3, 0.4) is 0 Å². The minimum Gasteiger partial charge on any atom is -0.404 e. The first kappa shape index (κ1) is 17.4. The zero-order chi connectivity index (χ0) is 18.0. The molecule has 2 aromatic carbocycles. The minimum atomic E-state index is -0.406. The van der Waals surface area contributed by atoms with Gasteiger partial charge in [-0.1, -0.05) is 47.5 Å². The molecule has 0 atom stereocenters. The van der Waals surface area contributed by atoms with Crippen LogP contribution in [-0.2, 0) is 0 Å². The Morgan fingerprint density at radius 2 is 1.72 bits per heavy atom. The number of ether oxygens (including phenoxy) is 1. The molecule has 0 aliphatic rings. The van der Waals surface area contributed by atoms with Gasteiger partial charge in [-0.2, -0.15) is 5.10 Å². The van der Waals surface area contributed by atoms with Gasteiger partial charge in [0.15, 0.2) is 0 Å². The van der Waals surface area contributed by atoms with Crippen molar-refractivity contribution in [2.45, 2.75) is 26.7 Å². The van der Waals surface area contributed by atoms with E-state index in [1.807, 2.05) is 49.4 Å². The monoisotopic (exact) mass is 398 g/mol. The minimum absolute atomic E-state index is 0.233. The largest absolute Gasteiger partial charge is 0.404 e. The van der Waals surface area contributed by atoms with E-state index in [1.165, 1.54) is 0 Å². The second-order valence-electron chi connectivity index (χ2n) is 6.21. The van der Waals surface area contributed by atoms with Gasteiger partial charge in [0.05, 0.1) is 16.9 Å². The average molecular weight is 399 g/mol. The van der Waals surface area contributed by atoms with Gasteiger partial charge in [-0.05, 0) is 49.2 Å². The number of carbonyl (C=O) groups is 1. The predicted molar refractivity (Wildman–Crippen MR) is 101 cm³/mol. The summed E-state index contributed by atoms with van der Waals surface area (Å²) >= 11 is 3.36. The number of esters is 1. The molecule has 5 heteroatoms. The first-order valence-electron chi connectivity index (χ1n) is 8.09. The van der Waals surface area contributed by atoms with Crippen LogP contribution in [0, 0.1) is 6.92 Å². The van der Waals surface area contributed by atoms with Crippen molar-refractivity contribution in [3.63, 3.8) is 0 Å². The van der Waals surface area contributed by atoms with Gasteiger partial charge < -0.3 is 4.74 Å². The van der Waals surface area contributed by atoms with Crippen LogP contribution in [0.25, 0.3) is 5.69 Å². The molecule has 0 unspecified atom stereocenters. The summed E-state index contributed by atoms with van der Waals surface area (Å²) in [6.07, 6.45) is 0. The first-order chi connectivity index (χ1) is 11.9. The molecule has 3 rings (SSSR count). The summed E-state index contributed by atoms with van der Waals surface area (Å²) in [4.78, 5) is 12.5. The molecule has 0 saturated heterocycles. The molecule has 3 aromatic rings. The summed E-state index contributed by atoms with van der Waals surface area (Å²) < 4.78 is 8.22. The zero-order valence-corrected chi connectivity index (χ0v) is 15.9. The number of carbonyl (C=O) groups excluding carboxylic acids is 1. The van der Waals surface area contributed by atoms with Gasteiger partial charge >= 0.3 is 5.97 Å². The van der Waals surface area contributed by atoms with E-state index in [1.54, 1.807) is 16.8 Å². The van der Waals surface area contributed by atoms with Crippen LogP contribution in [0.2, 0.25) is 0 Å². The van der Waals surface area contributed by atoms with Gasteiger partial charge in [0.2, 0.25) is 5.88 Å². The Kier molecular flexibility index (Phi) is 5.04. The van der Waals surface area contributed by atoms with E-state index in [0.29, 0.717) is 11.4 Å². The third kappa shape index (κ3) is 3.99. The summed E-state index contributed by atoms with van der Waals surface area (Å²) in [7, 11) is 0. The molecule has 0 saturated carbocycles. The number of rotatable bonds is 4. The van der Waals surface area contributed by atoms with Crippen molar-refractivity contribution in [2.24, 2.45) is 0 Å². The maximum Gasteiger partial charge on any atom is 0.344 e. The van der Waals surface area contributed by atoms with Crippen molar-refractivity contribution in [1.29, 1.82) is 0 Å². The zero-order valence-electron chi connectivity index (χ0n) is 14.4. The molecule has 0 aliphatic heterocycles. The van der Waals surface area contributed by atoms with Crippen LogP contribution in [0.4, 0.5) is 0 Å². The van der Waals surface area contributed by atoms with E-state index >= 15 is 0 Å². The van der Waals surface area contributed by atoms with Gasteiger partial charge in [-0.3, -0.25) is 0 Å². The van der Waals surface area contributed by atoms with E-state index in [2.05, 4.69) is 34.9 Å². The highest BCUT2D eigenvalue weighted by atomic mass is 79.9. The Balaban J connectivity index is 1.95. The lowest BCUT2D eigenvalue weighted by atomic mass is 10.1.